The Morgan fingerprint density at radius 3 is 2.32 bits per heavy atom. The van der Waals surface area contributed by atoms with E-state index in [2.05, 4.69) is 9.46 Å². The highest BCUT2D eigenvalue weighted by Crippen LogP contribution is 2.18. The number of methoxy groups -OCH3 is 1. The van der Waals surface area contributed by atoms with Crippen LogP contribution in [0.15, 0.2) is 58.3 Å². The Morgan fingerprint density at radius 1 is 1.08 bits per heavy atom. The normalized spacial score (nSPS) is 11.3. The highest BCUT2D eigenvalue weighted by molar-refractivity contribution is 7.99. The topological polar surface area (TPSA) is 72.5 Å². The first-order valence-electron chi connectivity index (χ1n) is 7.75. The van der Waals surface area contributed by atoms with Gasteiger partial charge in [0.25, 0.3) is 0 Å². The van der Waals surface area contributed by atoms with Gasteiger partial charge in [-0.05, 0) is 36.8 Å². The molecule has 0 atom stereocenters. The van der Waals surface area contributed by atoms with Gasteiger partial charge in [0.2, 0.25) is 10.0 Å². The van der Waals surface area contributed by atoms with Gasteiger partial charge in [0, 0.05) is 17.2 Å². The van der Waals surface area contributed by atoms with Crippen molar-refractivity contribution < 1.29 is 17.9 Å². The second kappa shape index (κ2) is 9.03. The first kappa shape index (κ1) is 19.5. The van der Waals surface area contributed by atoms with Crippen LogP contribution in [-0.2, 0) is 26.0 Å². The lowest BCUT2D eigenvalue weighted by molar-refractivity contribution is -0.139. The zero-order valence-corrected chi connectivity index (χ0v) is 15.8. The number of sulfonamides is 1. The molecule has 25 heavy (non-hydrogen) atoms. The minimum absolute atomic E-state index is 0.248. The number of hydrogen-bond acceptors (Lipinski definition) is 5. The number of aryl methyl sites for hydroxylation is 1. The lowest BCUT2D eigenvalue weighted by Gasteiger charge is -2.07. The van der Waals surface area contributed by atoms with Gasteiger partial charge in [-0.1, -0.05) is 29.8 Å². The number of rotatable bonds is 8. The summed E-state index contributed by atoms with van der Waals surface area (Å²) in [6.45, 7) is 2.25. The monoisotopic (exact) mass is 379 g/mol. The Morgan fingerprint density at radius 2 is 1.72 bits per heavy atom. The van der Waals surface area contributed by atoms with E-state index in [1.54, 1.807) is 36.0 Å². The van der Waals surface area contributed by atoms with Crippen LogP contribution in [0.3, 0.4) is 0 Å². The SMILES string of the molecule is COC(=O)Cc1ccc(SCCNS(=O)(=O)c2ccc(C)cc2)cc1. The maximum atomic E-state index is 12.2. The lowest BCUT2D eigenvalue weighted by Crippen LogP contribution is -2.26. The molecule has 0 fully saturated rings. The number of benzene rings is 2. The third-order valence-electron chi connectivity index (χ3n) is 3.49. The standard InChI is InChI=1S/C18H21NO4S2/c1-14-3-9-17(10-4-14)25(21,22)19-11-12-24-16-7-5-15(6-8-16)13-18(20)23-2/h3-10,19H,11-13H2,1-2H3. The van der Waals surface area contributed by atoms with E-state index in [-0.39, 0.29) is 17.3 Å². The molecule has 0 spiro atoms. The maximum absolute atomic E-state index is 12.2. The van der Waals surface area contributed by atoms with Crippen molar-refractivity contribution in [3.8, 4) is 0 Å². The predicted octanol–water partition coefficient (Wildman–Crippen LogP) is 2.78. The zero-order chi connectivity index (χ0) is 18.3. The molecule has 0 saturated heterocycles. The number of esters is 1. The van der Waals surface area contributed by atoms with E-state index in [1.807, 2.05) is 31.2 Å². The molecule has 0 aliphatic carbocycles. The Bertz CT molecular complexity index is 800. The number of nitrogens with one attached hydrogen (secondary N) is 1. The van der Waals surface area contributed by atoms with Gasteiger partial charge >= 0.3 is 5.97 Å². The van der Waals surface area contributed by atoms with Crippen molar-refractivity contribution in [3.05, 3.63) is 59.7 Å². The molecular weight excluding hydrogens is 358 g/mol. The minimum Gasteiger partial charge on any atom is -0.469 e. The molecule has 0 aromatic heterocycles. The number of hydrogen-bond donors (Lipinski definition) is 1. The maximum Gasteiger partial charge on any atom is 0.309 e. The van der Waals surface area contributed by atoms with Crippen LogP contribution in [0.25, 0.3) is 0 Å². The van der Waals surface area contributed by atoms with Crippen molar-refractivity contribution in [1.29, 1.82) is 0 Å². The molecule has 0 bridgehead atoms. The molecule has 0 saturated carbocycles. The van der Waals surface area contributed by atoms with Crippen LogP contribution in [0.4, 0.5) is 0 Å². The summed E-state index contributed by atoms with van der Waals surface area (Å²) in [6.07, 6.45) is 0.248. The third-order valence-corrected chi connectivity index (χ3v) is 5.98. The Hall–Kier alpha value is -1.83. The smallest absolute Gasteiger partial charge is 0.309 e. The van der Waals surface area contributed by atoms with E-state index in [0.29, 0.717) is 12.3 Å². The molecular formula is C18H21NO4S2. The highest BCUT2D eigenvalue weighted by atomic mass is 32.2. The average molecular weight is 380 g/mol. The molecule has 2 aromatic rings. The summed E-state index contributed by atoms with van der Waals surface area (Å²) in [6, 6.07) is 14.3. The lowest BCUT2D eigenvalue weighted by atomic mass is 10.2. The van der Waals surface area contributed by atoms with Gasteiger partial charge in [0.1, 0.15) is 0 Å². The molecule has 134 valence electrons. The summed E-state index contributed by atoms with van der Waals surface area (Å²) in [7, 11) is -2.10. The number of carbonyl (C=O) groups is 1. The van der Waals surface area contributed by atoms with Gasteiger partial charge in [-0.25, -0.2) is 13.1 Å². The molecule has 0 amide bonds. The van der Waals surface area contributed by atoms with Gasteiger partial charge in [0.15, 0.2) is 0 Å². The fourth-order valence-corrected chi connectivity index (χ4v) is 4.02. The van der Waals surface area contributed by atoms with E-state index in [9.17, 15) is 13.2 Å². The molecule has 0 unspecified atom stereocenters. The summed E-state index contributed by atoms with van der Waals surface area (Å²) in [4.78, 5) is 12.5. The highest BCUT2D eigenvalue weighted by Gasteiger charge is 2.12. The zero-order valence-electron chi connectivity index (χ0n) is 14.2. The van der Waals surface area contributed by atoms with E-state index in [0.717, 1.165) is 16.0 Å². The van der Waals surface area contributed by atoms with E-state index in [4.69, 9.17) is 0 Å². The second-order valence-corrected chi connectivity index (χ2v) is 8.39. The fourth-order valence-electron chi connectivity index (χ4n) is 2.09. The summed E-state index contributed by atoms with van der Waals surface area (Å²) in [5.41, 5.74) is 1.90. The van der Waals surface area contributed by atoms with Crippen molar-refractivity contribution in [2.45, 2.75) is 23.1 Å². The molecule has 0 aliphatic rings. The molecule has 0 radical (unpaired) electrons. The molecule has 7 heteroatoms. The Kier molecular flexibility index (Phi) is 7.04. The Balaban J connectivity index is 1.80. The van der Waals surface area contributed by atoms with Crippen LogP contribution < -0.4 is 4.72 Å². The third kappa shape index (κ3) is 6.19. The molecule has 0 heterocycles. The largest absolute Gasteiger partial charge is 0.469 e. The molecule has 2 aromatic carbocycles. The first-order chi connectivity index (χ1) is 11.9. The number of carbonyl (C=O) groups excluding carboxylic acids is 1. The summed E-state index contributed by atoms with van der Waals surface area (Å²) < 4.78 is 31.6. The van der Waals surface area contributed by atoms with Crippen LogP contribution in [0, 0.1) is 6.92 Å². The molecule has 0 aliphatic heterocycles. The average Bonchev–Trinajstić information content (AvgIpc) is 2.60. The van der Waals surface area contributed by atoms with Crippen molar-refractivity contribution in [3.63, 3.8) is 0 Å². The minimum atomic E-state index is -3.47. The van der Waals surface area contributed by atoms with Gasteiger partial charge in [0.05, 0.1) is 18.4 Å². The van der Waals surface area contributed by atoms with Crippen molar-refractivity contribution >= 4 is 27.8 Å². The van der Waals surface area contributed by atoms with Crippen molar-refractivity contribution in [2.24, 2.45) is 0 Å². The van der Waals surface area contributed by atoms with Gasteiger partial charge in [-0.15, -0.1) is 11.8 Å². The Labute approximate surface area is 152 Å². The summed E-state index contributed by atoms with van der Waals surface area (Å²) in [5, 5.41) is 0. The van der Waals surface area contributed by atoms with Gasteiger partial charge in [-0.2, -0.15) is 0 Å². The summed E-state index contributed by atoms with van der Waals surface area (Å²) in [5.74, 6) is 0.340. The summed E-state index contributed by atoms with van der Waals surface area (Å²) >= 11 is 1.55. The van der Waals surface area contributed by atoms with Crippen LogP contribution in [0.1, 0.15) is 11.1 Å². The van der Waals surface area contributed by atoms with Crippen LogP contribution in [-0.4, -0.2) is 33.8 Å². The first-order valence-corrected chi connectivity index (χ1v) is 10.2. The molecule has 1 N–H and O–H groups in total. The van der Waals surface area contributed by atoms with E-state index in [1.165, 1.54) is 7.11 Å². The number of thioether (sulfide) groups is 1. The van der Waals surface area contributed by atoms with Gasteiger partial charge in [-0.3, -0.25) is 4.79 Å². The fraction of sp³-hybridized carbons (Fsp3) is 0.278. The van der Waals surface area contributed by atoms with E-state index >= 15 is 0 Å². The van der Waals surface area contributed by atoms with Crippen LogP contribution in [0.2, 0.25) is 0 Å². The van der Waals surface area contributed by atoms with E-state index < -0.39 is 10.0 Å². The van der Waals surface area contributed by atoms with Crippen molar-refractivity contribution in [1.82, 2.24) is 4.72 Å². The van der Waals surface area contributed by atoms with Crippen LogP contribution in [0.5, 0.6) is 0 Å². The van der Waals surface area contributed by atoms with Gasteiger partial charge < -0.3 is 4.74 Å². The molecule has 2 rings (SSSR count). The number of ether oxygens (including phenoxy) is 1. The predicted molar refractivity (Wildman–Crippen MR) is 99.3 cm³/mol. The quantitative estimate of drug-likeness (QED) is 0.434. The van der Waals surface area contributed by atoms with Crippen LogP contribution >= 0.6 is 11.8 Å². The molecule has 5 nitrogen and oxygen atoms in total. The van der Waals surface area contributed by atoms with Crippen molar-refractivity contribution in [2.75, 3.05) is 19.4 Å². The second-order valence-electron chi connectivity index (χ2n) is 5.46.